The highest BCUT2D eigenvalue weighted by atomic mass is 16.5. The summed E-state index contributed by atoms with van der Waals surface area (Å²) in [6, 6.07) is 0. The highest BCUT2D eigenvalue weighted by Crippen LogP contribution is 2.21. The third kappa shape index (κ3) is 4.70. The van der Waals surface area contributed by atoms with Gasteiger partial charge in [-0.3, -0.25) is 0 Å². The van der Waals surface area contributed by atoms with E-state index in [0.717, 1.165) is 25.9 Å². The van der Waals surface area contributed by atoms with Gasteiger partial charge in [0.05, 0.1) is 0 Å². The van der Waals surface area contributed by atoms with Crippen LogP contribution in [0, 0.1) is 5.41 Å². The van der Waals surface area contributed by atoms with Gasteiger partial charge in [-0.1, -0.05) is 13.3 Å². The molecule has 1 unspecified atom stereocenters. The predicted molar refractivity (Wildman–Crippen MR) is 50.0 cm³/mol. The van der Waals surface area contributed by atoms with E-state index in [1.807, 2.05) is 6.92 Å². The topological polar surface area (TPSA) is 55.5 Å². The van der Waals surface area contributed by atoms with Gasteiger partial charge in [0.25, 0.3) is 0 Å². The lowest BCUT2D eigenvalue weighted by Crippen LogP contribution is -2.30. The SMILES string of the molecule is COCCCCC(C)(CN)CO. The van der Waals surface area contributed by atoms with Crippen LogP contribution < -0.4 is 5.73 Å². The second-order valence-electron chi connectivity index (χ2n) is 3.62. The first-order valence-electron chi connectivity index (χ1n) is 4.48. The zero-order valence-corrected chi connectivity index (χ0v) is 8.18. The van der Waals surface area contributed by atoms with Crippen LogP contribution in [-0.2, 0) is 4.74 Å². The van der Waals surface area contributed by atoms with Crippen molar-refractivity contribution in [2.24, 2.45) is 11.1 Å². The number of rotatable bonds is 7. The Bertz CT molecular complexity index is 103. The number of ether oxygens (including phenoxy) is 1. The molecule has 0 fully saturated rings. The molecule has 1 atom stereocenters. The lowest BCUT2D eigenvalue weighted by Gasteiger charge is -2.24. The molecule has 0 saturated carbocycles. The van der Waals surface area contributed by atoms with E-state index in [0.29, 0.717) is 6.54 Å². The lowest BCUT2D eigenvalue weighted by atomic mass is 9.86. The first-order valence-corrected chi connectivity index (χ1v) is 4.48. The van der Waals surface area contributed by atoms with Crippen LogP contribution >= 0.6 is 0 Å². The highest BCUT2D eigenvalue weighted by Gasteiger charge is 2.20. The summed E-state index contributed by atoms with van der Waals surface area (Å²) in [4.78, 5) is 0. The highest BCUT2D eigenvalue weighted by molar-refractivity contribution is 4.73. The van der Waals surface area contributed by atoms with Crippen molar-refractivity contribution in [3.8, 4) is 0 Å². The molecule has 0 radical (unpaired) electrons. The van der Waals surface area contributed by atoms with Crippen molar-refractivity contribution < 1.29 is 9.84 Å². The lowest BCUT2D eigenvalue weighted by molar-refractivity contribution is 0.130. The van der Waals surface area contributed by atoms with E-state index in [9.17, 15) is 0 Å². The fourth-order valence-corrected chi connectivity index (χ4v) is 1.04. The number of aliphatic hydroxyl groups is 1. The molecule has 3 N–H and O–H groups in total. The van der Waals surface area contributed by atoms with Crippen LogP contribution in [0.15, 0.2) is 0 Å². The maximum atomic E-state index is 9.03. The number of hydrogen-bond acceptors (Lipinski definition) is 3. The molecule has 12 heavy (non-hydrogen) atoms. The molecule has 0 aliphatic heterocycles. The molecule has 0 aliphatic rings. The Morgan fingerprint density at radius 1 is 1.42 bits per heavy atom. The van der Waals surface area contributed by atoms with E-state index in [-0.39, 0.29) is 12.0 Å². The Balaban J connectivity index is 3.45. The Kier molecular flexibility index (Phi) is 6.34. The van der Waals surface area contributed by atoms with Crippen LogP contribution in [0.5, 0.6) is 0 Å². The van der Waals surface area contributed by atoms with E-state index >= 15 is 0 Å². The summed E-state index contributed by atoms with van der Waals surface area (Å²) in [5, 5.41) is 9.03. The molecule has 0 aliphatic carbocycles. The Hall–Kier alpha value is -0.120. The van der Waals surface area contributed by atoms with Gasteiger partial charge in [-0.05, 0) is 19.4 Å². The zero-order chi connectivity index (χ0) is 9.45. The third-order valence-electron chi connectivity index (χ3n) is 2.25. The quantitative estimate of drug-likeness (QED) is 0.562. The Morgan fingerprint density at radius 3 is 2.50 bits per heavy atom. The van der Waals surface area contributed by atoms with Crippen LogP contribution in [0.4, 0.5) is 0 Å². The molecule has 0 spiro atoms. The van der Waals surface area contributed by atoms with Gasteiger partial charge in [0.2, 0.25) is 0 Å². The summed E-state index contributed by atoms with van der Waals surface area (Å²) in [6.45, 7) is 3.54. The van der Waals surface area contributed by atoms with Gasteiger partial charge in [-0.15, -0.1) is 0 Å². The van der Waals surface area contributed by atoms with Crippen molar-refractivity contribution in [3.63, 3.8) is 0 Å². The molecule has 0 heterocycles. The predicted octanol–water partition coefficient (Wildman–Crippen LogP) is 0.760. The van der Waals surface area contributed by atoms with Crippen LogP contribution in [0.2, 0.25) is 0 Å². The molecule has 0 rings (SSSR count). The van der Waals surface area contributed by atoms with Crippen molar-refractivity contribution in [1.29, 1.82) is 0 Å². The largest absolute Gasteiger partial charge is 0.396 e. The standard InChI is InChI=1S/C9H21NO2/c1-9(7-10,8-11)5-3-4-6-12-2/h11H,3-8,10H2,1-2H3. The smallest absolute Gasteiger partial charge is 0.0496 e. The van der Waals surface area contributed by atoms with Crippen LogP contribution in [-0.4, -0.2) is 32.0 Å². The van der Waals surface area contributed by atoms with E-state index in [2.05, 4.69) is 0 Å². The van der Waals surface area contributed by atoms with Gasteiger partial charge in [0, 0.05) is 25.7 Å². The van der Waals surface area contributed by atoms with Gasteiger partial charge in [0.15, 0.2) is 0 Å². The normalized spacial score (nSPS) is 16.0. The Morgan fingerprint density at radius 2 is 2.08 bits per heavy atom. The second-order valence-corrected chi connectivity index (χ2v) is 3.62. The van der Waals surface area contributed by atoms with Gasteiger partial charge in [-0.2, -0.15) is 0 Å². The molecule has 0 aromatic rings. The zero-order valence-electron chi connectivity index (χ0n) is 8.18. The maximum absolute atomic E-state index is 9.03. The molecule has 0 amide bonds. The summed E-state index contributed by atoms with van der Waals surface area (Å²) in [5.74, 6) is 0. The molecule has 3 nitrogen and oxygen atoms in total. The minimum Gasteiger partial charge on any atom is -0.396 e. The van der Waals surface area contributed by atoms with Gasteiger partial charge in [0.1, 0.15) is 0 Å². The van der Waals surface area contributed by atoms with Crippen LogP contribution in [0.3, 0.4) is 0 Å². The average Bonchev–Trinajstić information content (AvgIpc) is 2.12. The summed E-state index contributed by atoms with van der Waals surface area (Å²) in [7, 11) is 1.70. The first-order chi connectivity index (χ1) is 5.68. The first kappa shape index (κ1) is 11.9. The van der Waals surface area contributed by atoms with Crippen molar-refractivity contribution in [2.75, 3.05) is 26.9 Å². The van der Waals surface area contributed by atoms with E-state index in [1.165, 1.54) is 0 Å². The molecular weight excluding hydrogens is 154 g/mol. The molecule has 0 aromatic carbocycles. The van der Waals surface area contributed by atoms with Crippen molar-refractivity contribution in [1.82, 2.24) is 0 Å². The van der Waals surface area contributed by atoms with E-state index in [1.54, 1.807) is 7.11 Å². The number of methoxy groups -OCH3 is 1. The molecule has 74 valence electrons. The number of hydrogen-bond donors (Lipinski definition) is 2. The van der Waals surface area contributed by atoms with Gasteiger partial charge in [-0.25, -0.2) is 0 Å². The summed E-state index contributed by atoms with van der Waals surface area (Å²) < 4.78 is 4.93. The van der Waals surface area contributed by atoms with E-state index in [4.69, 9.17) is 15.6 Å². The summed E-state index contributed by atoms with van der Waals surface area (Å²) in [5.41, 5.74) is 5.45. The fraction of sp³-hybridized carbons (Fsp3) is 1.00. The van der Waals surface area contributed by atoms with Crippen molar-refractivity contribution in [3.05, 3.63) is 0 Å². The molecule has 3 heteroatoms. The maximum Gasteiger partial charge on any atom is 0.0496 e. The molecule has 0 aromatic heterocycles. The average molecular weight is 175 g/mol. The van der Waals surface area contributed by atoms with Crippen molar-refractivity contribution in [2.45, 2.75) is 26.2 Å². The number of aliphatic hydroxyl groups excluding tert-OH is 1. The Labute approximate surface area is 74.9 Å². The minimum atomic E-state index is -0.0895. The molecule has 0 saturated heterocycles. The fourth-order valence-electron chi connectivity index (χ4n) is 1.04. The number of nitrogens with two attached hydrogens (primary N) is 1. The van der Waals surface area contributed by atoms with Gasteiger partial charge < -0.3 is 15.6 Å². The summed E-state index contributed by atoms with van der Waals surface area (Å²) >= 11 is 0. The minimum absolute atomic E-state index is 0.0895. The van der Waals surface area contributed by atoms with Crippen LogP contribution in [0.25, 0.3) is 0 Å². The van der Waals surface area contributed by atoms with Crippen LogP contribution in [0.1, 0.15) is 26.2 Å². The summed E-state index contributed by atoms with van der Waals surface area (Å²) in [6.07, 6.45) is 3.09. The van der Waals surface area contributed by atoms with Crippen molar-refractivity contribution >= 4 is 0 Å². The third-order valence-corrected chi connectivity index (χ3v) is 2.25. The monoisotopic (exact) mass is 175 g/mol. The number of unbranched alkanes of at least 4 members (excludes halogenated alkanes) is 1. The second kappa shape index (κ2) is 6.40. The molecular formula is C9H21NO2. The molecule has 0 bridgehead atoms. The van der Waals surface area contributed by atoms with Gasteiger partial charge >= 0.3 is 0 Å². The van der Waals surface area contributed by atoms with E-state index < -0.39 is 0 Å².